The van der Waals surface area contributed by atoms with Gasteiger partial charge in [-0.3, -0.25) is 4.79 Å². The fraction of sp³-hybridized carbons (Fsp3) is 0.364. The van der Waals surface area contributed by atoms with Crippen molar-refractivity contribution < 1.29 is 22.3 Å². The summed E-state index contributed by atoms with van der Waals surface area (Å²) in [5.41, 5.74) is -0.457. The molecule has 1 rings (SSSR count). The van der Waals surface area contributed by atoms with Gasteiger partial charge in [0.15, 0.2) is 0 Å². The van der Waals surface area contributed by atoms with E-state index in [1.165, 1.54) is 7.11 Å². The summed E-state index contributed by atoms with van der Waals surface area (Å²) in [6.07, 6.45) is 0. The average molecular weight is 325 g/mol. The van der Waals surface area contributed by atoms with Crippen molar-refractivity contribution in [1.29, 1.82) is 0 Å². The summed E-state index contributed by atoms with van der Waals surface area (Å²) in [6, 6.07) is 1.17. The molecule has 0 aliphatic carbocycles. The molecule has 0 aromatic heterocycles. The maximum Gasteiger partial charge on any atom is 0.254 e. The van der Waals surface area contributed by atoms with Crippen LogP contribution < -0.4 is 10.5 Å². The summed E-state index contributed by atoms with van der Waals surface area (Å²) in [6.45, 7) is 1.87. The molecule has 112 valence electrons. The van der Waals surface area contributed by atoms with E-state index in [4.69, 9.17) is 21.5 Å². The fourth-order valence-electron chi connectivity index (χ4n) is 1.51. The van der Waals surface area contributed by atoms with E-state index in [0.29, 0.717) is 0 Å². The third-order valence-corrected chi connectivity index (χ3v) is 3.74. The lowest BCUT2D eigenvalue weighted by molar-refractivity contribution is 0.0901. The van der Waals surface area contributed by atoms with Crippen molar-refractivity contribution in [2.24, 2.45) is 5.14 Å². The molecule has 6 nitrogen and oxygen atoms in total. The van der Waals surface area contributed by atoms with E-state index < -0.39 is 32.2 Å². The Hall–Kier alpha value is -1.22. The molecule has 0 spiro atoms. The molecule has 1 atom stereocenters. The molecular weight excluding hydrogens is 311 g/mol. The number of carbonyl (C=O) groups is 1. The number of rotatable bonds is 5. The Morgan fingerprint density at radius 1 is 1.55 bits per heavy atom. The van der Waals surface area contributed by atoms with Gasteiger partial charge in [0.1, 0.15) is 10.7 Å². The van der Waals surface area contributed by atoms with Gasteiger partial charge in [-0.2, -0.15) is 0 Å². The number of nitrogens with two attached hydrogens (primary N) is 1. The third kappa shape index (κ3) is 4.14. The van der Waals surface area contributed by atoms with Gasteiger partial charge in [0.2, 0.25) is 10.0 Å². The number of carbonyl (C=O) groups excluding carboxylic acids is 1. The van der Waals surface area contributed by atoms with Gasteiger partial charge >= 0.3 is 0 Å². The van der Waals surface area contributed by atoms with Gasteiger partial charge in [-0.15, -0.1) is 0 Å². The number of hydrogen-bond donors (Lipinski definition) is 2. The van der Waals surface area contributed by atoms with Crippen molar-refractivity contribution in [1.82, 2.24) is 5.32 Å². The summed E-state index contributed by atoms with van der Waals surface area (Å²) in [7, 11) is -2.70. The van der Waals surface area contributed by atoms with Crippen LogP contribution in [0.15, 0.2) is 17.0 Å². The lowest BCUT2D eigenvalue weighted by Gasteiger charge is -2.14. The molecule has 9 heteroatoms. The van der Waals surface area contributed by atoms with Crippen LogP contribution in [-0.4, -0.2) is 34.1 Å². The zero-order valence-electron chi connectivity index (χ0n) is 10.8. The van der Waals surface area contributed by atoms with Crippen molar-refractivity contribution in [3.05, 3.63) is 28.5 Å². The normalized spacial score (nSPS) is 13.1. The molecule has 0 saturated carbocycles. The summed E-state index contributed by atoms with van der Waals surface area (Å²) in [5, 5.41) is 7.01. The van der Waals surface area contributed by atoms with Crippen molar-refractivity contribution in [3.8, 4) is 0 Å². The molecule has 0 radical (unpaired) electrons. The van der Waals surface area contributed by atoms with E-state index in [2.05, 4.69) is 5.32 Å². The first-order valence-electron chi connectivity index (χ1n) is 5.48. The molecule has 1 aromatic carbocycles. The Kier molecular flexibility index (Phi) is 5.46. The number of hydrogen-bond acceptors (Lipinski definition) is 4. The number of nitrogens with one attached hydrogen (secondary N) is 1. The summed E-state index contributed by atoms with van der Waals surface area (Å²) < 4.78 is 41.1. The second-order valence-corrected chi connectivity index (χ2v) is 6.07. The van der Waals surface area contributed by atoms with E-state index in [1.54, 1.807) is 6.92 Å². The quantitative estimate of drug-likeness (QED) is 0.840. The summed E-state index contributed by atoms with van der Waals surface area (Å²) in [4.78, 5) is 11.3. The van der Waals surface area contributed by atoms with E-state index in [1.807, 2.05) is 0 Å². The van der Waals surface area contributed by atoms with Gasteiger partial charge in [-0.1, -0.05) is 11.6 Å². The van der Waals surface area contributed by atoms with Crippen molar-refractivity contribution in [2.45, 2.75) is 17.9 Å². The Morgan fingerprint density at radius 3 is 2.65 bits per heavy atom. The topological polar surface area (TPSA) is 98.5 Å². The average Bonchev–Trinajstić information content (AvgIpc) is 2.26. The minimum absolute atomic E-state index is 0.225. The first kappa shape index (κ1) is 16.8. The zero-order valence-corrected chi connectivity index (χ0v) is 12.4. The minimum Gasteiger partial charge on any atom is -0.383 e. The van der Waals surface area contributed by atoms with Crippen LogP contribution in [0.1, 0.15) is 17.3 Å². The van der Waals surface area contributed by atoms with Crippen molar-refractivity contribution in [3.63, 3.8) is 0 Å². The number of amides is 1. The Morgan fingerprint density at radius 2 is 2.15 bits per heavy atom. The molecule has 1 unspecified atom stereocenters. The van der Waals surface area contributed by atoms with Gasteiger partial charge in [-0.25, -0.2) is 17.9 Å². The van der Waals surface area contributed by atoms with Gasteiger partial charge in [0, 0.05) is 13.2 Å². The summed E-state index contributed by atoms with van der Waals surface area (Å²) >= 11 is 5.60. The number of benzene rings is 1. The van der Waals surface area contributed by atoms with Crippen LogP contribution in [-0.2, 0) is 14.8 Å². The molecule has 0 aliphatic rings. The maximum absolute atomic E-state index is 13.7. The third-order valence-electron chi connectivity index (χ3n) is 2.37. The number of primary sulfonamides is 1. The van der Waals surface area contributed by atoms with Crippen LogP contribution in [0.3, 0.4) is 0 Å². The molecule has 1 aromatic rings. The number of ether oxygens (including phenoxy) is 1. The lowest BCUT2D eigenvalue weighted by Crippen LogP contribution is -2.36. The molecule has 0 aliphatic heterocycles. The highest BCUT2D eigenvalue weighted by molar-refractivity contribution is 7.89. The Labute approximate surface area is 121 Å². The number of halogens is 2. The molecular formula is C11H14ClFN2O4S. The highest BCUT2D eigenvalue weighted by atomic mass is 35.5. The molecule has 1 amide bonds. The van der Waals surface area contributed by atoms with Crippen LogP contribution in [0.25, 0.3) is 0 Å². The predicted octanol–water partition coefficient (Wildman–Crippen LogP) is 0.891. The highest BCUT2D eigenvalue weighted by Crippen LogP contribution is 2.24. The van der Waals surface area contributed by atoms with Gasteiger partial charge in [0.05, 0.1) is 17.2 Å². The molecule has 0 fully saturated rings. The Balaban J connectivity index is 3.16. The predicted molar refractivity (Wildman–Crippen MR) is 71.6 cm³/mol. The first-order valence-corrected chi connectivity index (χ1v) is 7.41. The van der Waals surface area contributed by atoms with E-state index in [0.717, 1.165) is 12.1 Å². The highest BCUT2D eigenvalue weighted by Gasteiger charge is 2.21. The van der Waals surface area contributed by atoms with Crippen LogP contribution in [0.2, 0.25) is 5.02 Å². The van der Waals surface area contributed by atoms with Crippen LogP contribution in [0, 0.1) is 5.82 Å². The maximum atomic E-state index is 13.7. The van der Waals surface area contributed by atoms with Gasteiger partial charge in [-0.05, 0) is 19.1 Å². The van der Waals surface area contributed by atoms with Gasteiger partial charge in [0.25, 0.3) is 5.91 Å². The smallest absolute Gasteiger partial charge is 0.254 e. The Bertz CT molecular complexity index is 621. The van der Waals surface area contributed by atoms with Crippen LogP contribution in [0.4, 0.5) is 4.39 Å². The van der Waals surface area contributed by atoms with E-state index in [-0.39, 0.29) is 17.7 Å². The lowest BCUT2D eigenvalue weighted by atomic mass is 10.2. The fourth-order valence-corrected chi connectivity index (χ4v) is 2.60. The molecule has 0 bridgehead atoms. The molecule has 0 heterocycles. The first-order chi connectivity index (χ1) is 9.16. The largest absolute Gasteiger partial charge is 0.383 e. The van der Waals surface area contributed by atoms with E-state index in [9.17, 15) is 17.6 Å². The van der Waals surface area contributed by atoms with Gasteiger partial charge < -0.3 is 10.1 Å². The number of methoxy groups -OCH3 is 1. The van der Waals surface area contributed by atoms with Crippen LogP contribution in [0.5, 0.6) is 0 Å². The van der Waals surface area contributed by atoms with Crippen LogP contribution >= 0.6 is 11.6 Å². The molecule has 20 heavy (non-hydrogen) atoms. The monoisotopic (exact) mass is 324 g/mol. The molecule has 3 N–H and O–H groups in total. The van der Waals surface area contributed by atoms with Crippen molar-refractivity contribution in [2.75, 3.05) is 13.7 Å². The minimum atomic E-state index is -4.15. The van der Waals surface area contributed by atoms with E-state index >= 15 is 0 Å². The molecule has 0 saturated heterocycles. The summed E-state index contributed by atoms with van der Waals surface area (Å²) in [5.74, 6) is -1.72. The standard InChI is InChI=1S/C11H14ClFN2O4S/c1-6(5-19-2)15-11(16)7-3-10(20(14,17)18)8(12)4-9(7)13/h3-4,6H,5H2,1-2H3,(H,15,16)(H2,14,17,18). The second-order valence-electron chi connectivity index (χ2n) is 4.14. The number of sulfonamides is 1. The second kappa shape index (κ2) is 6.49. The SMILES string of the molecule is COCC(C)NC(=O)c1cc(S(N)(=O)=O)c(Cl)cc1F. The van der Waals surface area contributed by atoms with Crippen molar-refractivity contribution >= 4 is 27.5 Å². The zero-order chi connectivity index (χ0) is 15.5.